The van der Waals surface area contributed by atoms with Crippen molar-refractivity contribution in [2.45, 2.75) is 25.2 Å². The topological polar surface area (TPSA) is 42.8 Å². The molecule has 3 nitrogen and oxygen atoms in total. The number of hydrogen-bond donors (Lipinski definition) is 1. The molecule has 3 heteroatoms. The van der Waals surface area contributed by atoms with Gasteiger partial charge in [0, 0.05) is 30.1 Å². The lowest BCUT2D eigenvalue weighted by atomic mass is 9.98. The first-order valence-electron chi connectivity index (χ1n) is 7.04. The van der Waals surface area contributed by atoms with Gasteiger partial charge in [0.15, 0.2) is 0 Å². The first kappa shape index (κ1) is 12.3. The summed E-state index contributed by atoms with van der Waals surface area (Å²) in [6.07, 6.45) is 5.08. The summed E-state index contributed by atoms with van der Waals surface area (Å²) in [5.74, 6) is 0.637. The first-order chi connectivity index (χ1) is 9.38. The second kappa shape index (κ2) is 5.46. The zero-order valence-corrected chi connectivity index (χ0v) is 11.1. The number of unbranched alkanes of at least 4 members (excludes halogenated alkanes) is 1. The smallest absolute Gasteiger partial charge is 0.0622 e. The molecule has 1 fully saturated rings. The van der Waals surface area contributed by atoms with E-state index in [1.165, 1.54) is 22.9 Å². The van der Waals surface area contributed by atoms with Crippen LogP contribution in [0.25, 0.3) is 10.9 Å². The van der Waals surface area contributed by atoms with E-state index in [1.54, 1.807) is 0 Å². The van der Waals surface area contributed by atoms with E-state index in [-0.39, 0.29) is 0 Å². The molecule has 1 aliphatic heterocycles. The SMILES string of the molecule is N#CCCCN1CCC(c2c[nH]c3ccccc23)C1. The Bertz CT molecular complexity index is 593. The highest BCUT2D eigenvalue weighted by Gasteiger charge is 2.25. The van der Waals surface area contributed by atoms with Crippen molar-refractivity contribution in [1.82, 2.24) is 9.88 Å². The number of nitriles is 1. The van der Waals surface area contributed by atoms with E-state index in [0.29, 0.717) is 12.3 Å². The molecule has 1 unspecified atom stereocenters. The zero-order valence-electron chi connectivity index (χ0n) is 11.1. The highest BCUT2D eigenvalue weighted by molar-refractivity contribution is 5.83. The molecule has 1 atom stereocenters. The second-order valence-electron chi connectivity index (χ2n) is 5.34. The van der Waals surface area contributed by atoms with Crippen LogP contribution in [0, 0.1) is 11.3 Å². The van der Waals surface area contributed by atoms with Crippen LogP contribution in [0.15, 0.2) is 30.5 Å². The van der Waals surface area contributed by atoms with E-state index >= 15 is 0 Å². The summed E-state index contributed by atoms with van der Waals surface area (Å²) >= 11 is 0. The average Bonchev–Trinajstić information content (AvgIpc) is 3.05. The highest BCUT2D eigenvalue weighted by atomic mass is 15.1. The Balaban J connectivity index is 1.69. The van der Waals surface area contributed by atoms with E-state index in [4.69, 9.17) is 5.26 Å². The molecule has 3 rings (SSSR count). The number of rotatable bonds is 4. The standard InChI is InChI=1S/C16H19N3/c17-8-3-4-9-19-10-7-13(12-19)15-11-18-16-6-2-1-5-14(15)16/h1-2,5-6,11,13,18H,3-4,7,9-10,12H2. The van der Waals surface area contributed by atoms with Gasteiger partial charge < -0.3 is 9.88 Å². The molecule has 0 radical (unpaired) electrons. The van der Waals surface area contributed by atoms with Crippen LogP contribution in [0.5, 0.6) is 0 Å². The number of H-pyrrole nitrogens is 1. The van der Waals surface area contributed by atoms with Crippen molar-refractivity contribution >= 4 is 10.9 Å². The Morgan fingerprint density at radius 2 is 2.26 bits per heavy atom. The summed E-state index contributed by atoms with van der Waals surface area (Å²) in [6.45, 7) is 3.36. The molecular weight excluding hydrogens is 234 g/mol. The molecule has 0 saturated carbocycles. The molecule has 98 valence electrons. The molecule has 0 bridgehead atoms. The Morgan fingerprint density at radius 1 is 1.37 bits per heavy atom. The number of nitrogens with zero attached hydrogens (tertiary/aromatic N) is 2. The van der Waals surface area contributed by atoms with E-state index in [0.717, 1.165) is 26.1 Å². The van der Waals surface area contributed by atoms with Crippen LogP contribution in [0.4, 0.5) is 0 Å². The number of aromatic amines is 1. The molecule has 1 aliphatic rings. The maximum atomic E-state index is 8.59. The summed E-state index contributed by atoms with van der Waals surface area (Å²) in [5.41, 5.74) is 2.69. The van der Waals surface area contributed by atoms with Crippen LogP contribution in [0.2, 0.25) is 0 Å². The van der Waals surface area contributed by atoms with Gasteiger partial charge in [0.05, 0.1) is 6.07 Å². The number of nitrogens with one attached hydrogen (secondary N) is 1. The molecule has 1 N–H and O–H groups in total. The number of hydrogen-bond acceptors (Lipinski definition) is 2. The predicted molar refractivity (Wildman–Crippen MR) is 76.9 cm³/mol. The Morgan fingerprint density at radius 3 is 3.16 bits per heavy atom. The summed E-state index contributed by atoms with van der Waals surface area (Å²) in [5, 5.41) is 9.96. The number of aromatic nitrogens is 1. The van der Waals surface area contributed by atoms with Crippen molar-refractivity contribution in [2.75, 3.05) is 19.6 Å². The van der Waals surface area contributed by atoms with E-state index in [1.807, 2.05) is 0 Å². The summed E-state index contributed by atoms with van der Waals surface area (Å²) in [6, 6.07) is 10.8. The monoisotopic (exact) mass is 253 g/mol. The van der Waals surface area contributed by atoms with Crippen LogP contribution in [0.3, 0.4) is 0 Å². The van der Waals surface area contributed by atoms with Crippen molar-refractivity contribution in [3.8, 4) is 6.07 Å². The highest BCUT2D eigenvalue weighted by Crippen LogP contribution is 2.32. The third-order valence-corrected chi connectivity index (χ3v) is 4.10. The van der Waals surface area contributed by atoms with Gasteiger partial charge in [0.1, 0.15) is 0 Å². The summed E-state index contributed by atoms with van der Waals surface area (Å²) in [7, 11) is 0. The minimum absolute atomic E-state index is 0.637. The maximum Gasteiger partial charge on any atom is 0.0622 e. The van der Waals surface area contributed by atoms with Gasteiger partial charge in [0.2, 0.25) is 0 Å². The van der Waals surface area contributed by atoms with Gasteiger partial charge in [-0.1, -0.05) is 18.2 Å². The fraction of sp³-hybridized carbons (Fsp3) is 0.438. The molecule has 2 aromatic rings. The van der Waals surface area contributed by atoms with Crippen molar-refractivity contribution in [3.05, 3.63) is 36.0 Å². The molecule has 1 aromatic heterocycles. The van der Waals surface area contributed by atoms with Gasteiger partial charge in [-0.2, -0.15) is 5.26 Å². The van der Waals surface area contributed by atoms with Crippen LogP contribution in [0.1, 0.15) is 30.7 Å². The quantitative estimate of drug-likeness (QED) is 0.850. The normalized spacial score (nSPS) is 19.8. The Kier molecular flexibility index (Phi) is 3.52. The largest absolute Gasteiger partial charge is 0.361 e. The fourth-order valence-electron chi connectivity index (χ4n) is 3.10. The lowest BCUT2D eigenvalue weighted by molar-refractivity contribution is 0.331. The van der Waals surface area contributed by atoms with Crippen LogP contribution < -0.4 is 0 Å². The van der Waals surface area contributed by atoms with Gasteiger partial charge >= 0.3 is 0 Å². The molecule has 1 saturated heterocycles. The first-order valence-corrected chi connectivity index (χ1v) is 7.04. The van der Waals surface area contributed by atoms with Gasteiger partial charge in [-0.15, -0.1) is 0 Å². The van der Waals surface area contributed by atoms with Crippen LogP contribution in [-0.2, 0) is 0 Å². The van der Waals surface area contributed by atoms with Crippen molar-refractivity contribution in [2.24, 2.45) is 0 Å². The third kappa shape index (κ3) is 2.50. The lowest BCUT2D eigenvalue weighted by Crippen LogP contribution is -2.21. The summed E-state index contributed by atoms with van der Waals surface area (Å²) in [4.78, 5) is 5.86. The van der Waals surface area contributed by atoms with Crippen molar-refractivity contribution < 1.29 is 0 Å². The zero-order chi connectivity index (χ0) is 13.1. The number of likely N-dealkylation sites (tertiary alicyclic amines) is 1. The van der Waals surface area contributed by atoms with Crippen LogP contribution in [-0.4, -0.2) is 29.5 Å². The Hall–Kier alpha value is -1.79. The Labute approximate surface area is 113 Å². The lowest BCUT2D eigenvalue weighted by Gasteiger charge is -2.14. The minimum Gasteiger partial charge on any atom is -0.361 e. The van der Waals surface area contributed by atoms with E-state index in [2.05, 4.69) is 46.4 Å². The average molecular weight is 253 g/mol. The third-order valence-electron chi connectivity index (χ3n) is 4.10. The van der Waals surface area contributed by atoms with Crippen molar-refractivity contribution in [3.63, 3.8) is 0 Å². The molecule has 0 aliphatic carbocycles. The minimum atomic E-state index is 0.637. The second-order valence-corrected chi connectivity index (χ2v) is 5.34. The van der Waals surface area contributed by atoms with E-state index in [9.17, 15) is 0 Å². The molecule has 1 aromatic carbocycles. The maximum absolute atomic E-state index is 8.59. The molecule has 0 spiro atoms. The van der Waals surface area contributed by atoms with Gasteiger partial charge in [-0.25, -0.2) is 0 Å². The molecule has 19 heavy (non-hydrogen) atoms. The van der Waals surface area contributed by atoms with Gasteiger partial charge in [0.25, 0.3) is 0 Å². The number of para-hydroxylation sites is 1. The molecule has 0 amide bonds. The number of benzene rings is 1. The predicted octanol–water partition coefficient (Wildman–Crippen LogP) is 3.26. The number of fused-ring (bicyclic) bond motifs is 1. The van der Waals surface area contributed by atoms with Crippen LogP contribution >= 0.6 is 0 Å². The summed E-state index contributed by atoms with van der Waals surface area (Å²) < 4.78 is 0. The molecule has 2 heterocycles. The van der Waals surface area contributed by atoms with Crippen molar-refractivity contribution in [1.29, 1.82) is 5.26 Å². The fourth-order valence-corrected chi connectivity index (χ4v) is 3.10. The van der Waals surface area contributed by atoms with Gasteiger partial charge in [-0.3, -0.25) is 0 Å². The molecular formula is C16H19N3. The van der Waals surface area contributed by atoms with Gasteiger partial charge in [-0.05, 0) is 43.5 Å². The van der Waals surface area contributed by atoms with E-state index < -0.39 is 0 Å².